The average molecular weight is 338 g/mol. The lowest BCUT2D eigenvalue weighted by Gasteiger charge is -2.30. The number of likely N-dealkylation sites (tertiary alicyclic amines) is 1. The van der Waals surface area contributed by atoms with Crippen molar-refractivity contribution in [1.29, 1.82) is 0 Å². The number of likely N-dealkylation sites (N-methyl/N-ethyl adjacent to an activating group) is 3. The molecule has 0 aromatic carbocycles. The highest BCUT2D eigenvalue weighted by atomic mass is 15.3. The molecule has 24 heavy (non-hydrogen) atoms. The Morgan fingerprint density at radius 1 is 1.12 bits per heavy atom. The first-order chi connectivity index (χ1) is 11.7. The maximum Gasteiger partial charge on any atom is 0.193 e. The largest absolute Gasteiger partial charge is 0.357 e. The van der Waals surface area contributed by atoms with Crippen LogP contribution in [0.1, 0.15) is 52.4 Å². The Morgan fingerprint density at radius 2 is 1.88 bits per heavy atom. The molecule has 0 aromatic heterocycles. The highest BCUT2D eigenvalue weighted by Gasteiger charge is 2.25. The maximum absolute atomic E-state index is 4.89. The monoisotopic (exact) mass is 337 g/mol. The number of nitrogens with zero attached hydrogens (tertiary/aromatic N) is 4. The summed E-state index contributed by atoms with van der Waals surface area (Å²) < 4.78 is 0. The van der Waals surface area contributed by atoms with Gasteiger partial charge in [0.05, 0.1) is 6.54 Å². The number of rotatable bonds is 8. The van der Waals surface area contributed by atoms with E-state index in [0.717, 1.165) is 38.2 Å². The van der Waals surface area contributed by atoms with E-state index in [1.807, 2.05) is 0 Å². The number of nitrogens with one attached hydrogen (secondary N) is 1. The number of aliphatic imine (C=N–C) groups is 1. The topological polar surface area (TPSA) is 34.1 Å². The van der Waals surface area contributed by atoms with Crippen molar-refractivity contribution < 1.29 is 0 Å². The van der Waals surface area contributed by atoms with Gasteiger partial charge in [0.1, 0.15) is 0 Å². The van der Waals surface area contributed by atoms with Crippen LogP contribution in [0.15, 0.2) is 4.99 Å². The third-order valence-electron chi connectivity index (χ3n) is 5.75. The predicted molar refractivity (Wildman–Crippen MR) is 104 cm³/mol. The van der Waals surface area contributed by atoms with Crippen LogP contribution in [0.4, 0.5) is 0 Å². The van der Waals surface area contributed by atoms with Gasteiger partial charge < -0.3 is 15.1 Å². The summed E-state index contributed by atoms with van der Waals surface area (Å²) in [5.41, 5.74) is 0. The normalized spacial score (nSPS) is 23.4. The van der Waals surface area contributed by atoms with Crippen LogP contribution in [0.2, 0.25) is 0 Å². The van der Waals surface area contributed by atoms with Gasteiger partial charge in [-0.1, -0.05) is 19.8 Å². The zero-order chi connectivity index (χ0) is 17.4. The van der Waals surface area contributed by atoms with E-state index < -0.39 is 0 Å². The molecule has 2 rings (SSSR count). The summed E-state index contributed by atoms with van der Waals surface area (Å²) in [6, 6.07) is 1.47. The molecule has 0 bridgehead atoms. The molecular formula is C19H39N5. The van der Waals surface area contributed by atoms with Gasteiger partial charge in [0.15, 0.2) is 5.96 Å². The number of guanidine groups is 1. The van der Waals surface area contributed by atoms with Crippen LogP contribution in [-0.2, 0) is 0 Å². The first kappa shape index (κ1) is 19.5. The first-order valence-electron chi connectivity index (χ1n) is 10.1. The van der Waals surface area contributed by atoms with Crippen LogP contribution < -0.4 is 5.32 Å². The minimum Gasteiger partial charge on any atom is -0.357 e. The molecule has 140 valence electrons. The molecule has 5 nitrogen and oxygen atoms in total. The van der Waals surface area contributed by atoms with Crippen molar-refractivity contribution in [2.45, 2.75) is 64.5 Å². The van der Waals surface area contributed by atoms with Gasteiger partial charge in [-0.2, -0.15) is 0 Å². The molecule has 1 heterocycles. The van der Waals surface area contributed by atoms with Crippen LogP contribution in [-0.4, -0.2) is 86.1 Å². The van der Waals surface area contributed by atoms with Crippen molar-refractivity contribution in [3.8, 4) is 0 Å². The predicted octanol–water partition coefficient (Wildman–Crippen LogP) is 2.24. The van der Waals surface area contributed by atoms with Gasteiger partial charge >= 0.3 is 0 Å². The smallest absolute Gasteiger partial charge is 0.193 e. The molecule has 0 aromatic rings. The van der Waals surface area contributed by atoms with E-state index in [9.17, 15) is 0 Å². The summed E-state index contributed by atoms with van der Waals surface area (Å²) in [6.45, 7) is 10.8. The quantitative estimate of drug-likeness (QED) is 0.544. The van der Waals surface area contributed by atoms with E-state index >= 15 is 0 Å². The highest BCUT2D eigenvalue weighted by Crippen LogP contribution is 2.22. The molecule has 1 N–H and O–H groups in total. The first-order valence-corrected chi connectivity index (χ1v) is 10.1. The Balaban J connectivity index is 1.82. The average Bonchev–Trinajstić information content (AvgIpc) is 3.25. The molecule has 0 radical (unpaired) electrons. The van der Waals surface area contributed by atoms with Crippen molar-refractivity contribution >= 4 is 5.96 Å². The molecule has 0 spiro atoms. The van der Waals surface area contributed by atoms with E-state index in [4.69, 9.17) is 4.99 Å². The van der Waals surface area contributed by atoms with Gasteiger partial charge in [-0.3, -0.25) is 9.89 Å². The summed E-state index contributed by atoms with van der Waals surface area (Å²) >= 11 is 0. The van der Waals surface area contributed by atoms with Gasteiger partial charge in [-0.05, 0) is 52.7 Å². The lowest BCUT2D eigenvalue weighted by molar-refractivity contribution is 0.232. The Bertz CT molecular complexity index is 378. The van der Waals surface area contributed by atoms with Crippen molar-refractivity contribution in [3.05, 3.63) is 0 Å². The molecule has 2 fully saturated rings. The Morgan fingerprint density at radius 3 is 2.54 bits per heavy atom. The van der Waals surface area contributed by atoms with Crippen molar-refractivity contribution in [1.82, 2.24) is 20.0 Å². The fourth-order valence-electron chi connectivity index (χ4n) is 4.23. The second-order valence-corrected chi connectivity index (χ2v) is 7.46. The molecule has 2 aliphatic rings. The van der Waals surface area contributed by atoms with E-state index in [0.29, 0.717) is 6.04 Å². The van der Waals surface area contributed by atoms with Gasteiger partial charge in [-0.25, -0.2) is 0 Å². The van der Waals surface area contributed by atoms with Gasteiger partial charge in [0.25, 0.3) is 0 Å². The van der Waals surface area contributed by atoms with Crippen LogP contribution in [0.5, 0.6) is 0 Å². The summed E-state index contributed by atoms with van der Waals surface area (Å²) in [7, 11) is 4.45. The van der Waals surface area contributed by atoms with Crippen molar-refractivity contribution in [2.24, 2.45) is 4.99 Å². The molecule has 5 heteroatoms. The fraction of sp³-hybridized carbons (Fsp3) is 0.947. The van der Waals surface area contributed by atoms with E-state index in [2.05, 4.69) is 48.0 Å². The van der Waals surface area contributed by atoms with Crippen LogP contribution in [0.3, 0.4) is 0 Å². The molecule has 0 amide bonds. The summed E-state index contributed by atoms with van der Waals surface area (Å²) in [6.07, 6.45) is 8.20. The van der Waals surface area contributed by atoms with Gasteiger partial charge in [0, 0.05) is 38.8 Å². The zero-order valence-electron chi connectivity index (χ0n) is 16.4. The summed E-state index contributed by atoms with van der Waals surface area (Å²) in [4.78, 5) is 12.3. The van der Waals surface area contributed by atoms with Gasteiger partial charge in [-0.15, -0.1) is 0 Å². The molecular weight excluding hydrogens is 298 g/mol. The van der Waals surface area contributed by atoms with Gasteiger partial charge in [0.2, 0.25) is 0 Å². The van der Waals surface area contributed by atoms with Crippen molar-refractivity contribution in [3.63, 3.8) is 0 Å². The van der Waals surface area contributed by atoms with Crippen molar-refractivity contribution in [2.75, 3.05) is 53.4 Å². The van der Waals surface area contributed by atoms with E-state index in [-0.39, 0.29) is 0 Å². The summed E-state index contributed by atoms with van der Waals surface area (Å²) in [5, 5.41) is 3.47. The lowest BCUT2D eigenvalue weighted by Crippen LogP contribution is -2.46. The van der Waals surface area contributed by atoms with E-state index in [1.165, 1.54) is 51.6 Å². The van der Waals surface area contributed by atoms with Crippen LogP contribution in [0, 0.1) is 0 Å². The maximum atomic E-state index is 4.89. The minimum absolute atomic E-state index is 0.685. The lowest BCUT2D eigenvalue weighted by atomic mass is 10.2. The Labute approximate surface area is 149 Å². The molecule has 1 saturated carbocycles. The second-order valence-electron chi connectivity index (χ2n) is 7.46. The van der Waals surface area contributed by atoms with E-state index in [1.54, 1.807) is 0 Å². The zero-order valence-corrected chi connectivity index (χ0v) is 16.4. The highest BCUT2D eigenvalue weighted by molar-refractivity contribution is 5.79. The second kappa shape index (κ2) is 10.2. The van der Waals surface area contributed by atoms with Crippen LogP contribution >= 0.6 is 0 Å². The number of hydrogen-bond acceptors (Lipinski definition) is 3. The molecule has 1 atom stereocenters. The fourth-order valence-corrected chi connectivity index (χ4v) is 4.23. The Kier molecular flexibility index (Phi) is 8.33. The SMILES string of the molecule is CCNC(=NCCN(C)C1CCCC1)N(C)CC1CCCN1CC. The van der Waals surface area contributed by atoms with Crippen LogP contribution in [0.25, 0.3) is 0 Å². The minimum atomic E-state index is 0.685. The molecule has 1 saturated heterocycles. The standard InChI is InChI=1S/C19H39N5/c1-5-20-19(21-13-15-22(3)17-10-7-8-11-17)23(4)16-18-12-9-14-24(18)6-2/h17-18H,5-16H2,1-4H3,(H,20,21). The Hall–Kier alpha value is -0.810. The molecule has 1 unspecified atom stereocenters. The third kappa shape index (κ3) is 5.62. The number of hydrogen-bond donors (Lipinski definition) is 1. The molecule has 1 aliphatic heterocycles. The molecule has 1 aliphatic carbocycles. The third-order valence-corrected chi connectivity index (χ3v) is 5.75. The summed E-state index contributed by atoms with van der Waals surface area (Å²) in [5.74, 6) is 1.07.